The molecule has 0 bridgehead atoms. The molecule has 0 unspecified atom stereocenters. The van der Waals surface area contributed by atoms with Gasteiger partial charge in [-0.1, -0.05) is 13.8 Å². The SMILES string of the molecule is COc1cc(C(=O)N(C)CC(C)(C)CN)ccc1OC(F)F. The molecule has 0 aromatic heterocycles. The summed E-state index contributed by atoms with van der Waals surface area (Å²) in [5, 5.41) is 0. The molecular weight excluding hydrogens is 294 g/mol. The lowest BCUT2D eigenvalue weighted by atomic mass is 9.93. The molecule has 0 atom stereocenters. The third kappa shape index (κ3) is 4.84. The van der Waals surface area contributed by atoms with E-state index >= 15 is 0 Å². The first-order valence-corrected chi connectivity index (χ1v) is 6.78. The highest BCUT2D eigenvalue weighted by atomic mass is 19.3. The number of ether oxygens (including phenoxy) is 2. The van der Waals surface area contributed by atoms with E-state index in [2.05, 4.69) is 4.74 Å². The van der Waals surface area contributed by atoms with Gasteiger partial charge in [0, 0.05) is 19.2 Å². The Kier molecular flexibility index (Phi) is 6.11. The second kappa shape index (κ2) is 7.40. The van der Waals surface area contributed by atoms with Gasteiger partial charge in [0.15, 0.2) is 11.5 Å². The number of nitrogens with zero attached hydrogens (tertiary/aromatic N) is 1. The fourth-order valence-electron chi connectivity index (χ4n) is 1.99. The van der Waals surface area contributed by atoms with Crippen LogP contribution in [0.3, 0.4) is 0 Å². The molecule has 0 radical (unpaired) electrons. The van der Waals surface area contributed by atoms with E-state index in [-0.39, 0.29) is 22.8 Å². The summed E-state index contributed by atoms with van der Waals surface area (Å²) in [6.07, 6.45) is 0. The number of halogens is 2. The van der Waals surface area contributed by atoms with Gasteiger partial charge in [0.05, 0.1) is 7.11 Å². The molecule has 1 aromatic rings. The molecule has 5 nitrogen and oxygen atoms in total. The summed E-state index contributed by atoms with van der Waals surface area (Å²) in [4.78, 5) is 13.9. The highest BCUT2D eigenvalue weighted by molar-refractivity contribution is 5.94. The Balaban J connectivity index is 2.94. The van der Waals surface area contributed by atoms with E-state index in [9.17, 15) is 13.6 Å². The Hall–Kier alpha value is -1.89. The fourth-order valence-corrected chi connectivity index (χ4v) is 1.99. The zero-order valence-electron chi connectivity index (χ0n) is 13.2. The van der Waals surface area contributed by atoms with Crippen molar-refractivity contribution < 1.29 is 23.0 Å². The van der Waals surface area contributed by atoms with Gasteiger partial charge < -0.3 is 20.1 Å². The first-order valence-electron chi connectivity index (χ1n) is 6.78. The van der Waals surface area contributed by atoms with Crippen LogP contribution in [0.5, 0.6) is 11.5 Å². The molecule has 0 spiro atoms. The predicted octanol–water partition coefficient (Wildman–Crippen LogP) is 2.35. The number of rotatable bonds is 7. The predicted molar refractivity (Wildman–Crippen MR) is 79.4 cm³/mol. The van der Waals surface area contributed by atoms with Gasteiger partial charge in [-0.2, -0.15) is 8.78 Å². The topological polar surface area (TPSA) is 64.8 Å². The van der Waals surface area contributed by atoms with Gasteiger partial charge >= 0.3 is 6.61 Å². The van der Waals surface area contributed by atoms with Crippen LogP contribution in [0.2, 0.25) is 0 Å². The minimum atomic E-state index is -2.96. The Bertz CT molecular complexity index is 522. The van der Waals surface area contributed by atoms with E-state index in [0.29, 0.717) is 18.7 Å². The van der Waals surface area contributed by atoms with E-state index in [1.807, 2.05) is 13.8 Å². The van der Waals surface area contributed by atoms with Crippen molar-refractivity contribution >= 4 is 5.91 Å². The summed E-state index contributed by atoms with van der Waals surface area (Å²) >= 11 is 0. The van der Waals surface area contributed by atoms with Gasteiger partial charge in [-0.05, 0) is 30.2 Å². The molecule has 7 heteroatoms. The molecule has 0 saturated carbocycles. The number of alkyl halides is 2. The zero-order chi connectivity index (χ0) is 16.9. The van der Waals surface area contributed by atoms with Gasteiger partial charge in [0.25, 0.3) is 5.91 Å². The molecule has 0 heterocycles. The standard InChI is InChI=1S/C15H22F2N2O3/c1-15(2,8-18)9-19(3)13(20)10-5-6-11(22-14(16)17)12(7-10)21-4/h5-7,14H,8-9,18H2,1-4H3. The minimum Gasteiger partial charge on any atom is -0.493 e. The van der Waals surface area contributed by atoms with Gasteiger partial charge in [0.2, 0.25) is 0 Å². The zero-order valence-corrected chi connectivity index (χ0v) is 13.2. The largest absolute Gasteiger partial charge is 0.493 e. The van der Waals surface area contributed by atoms with Crippen molar-refractivity contribution in [2.75, 3.05) is 27.2 Å². The normalized spacial score (nSPS) is 11.5. The quantitative estimate of drug-likeness (QED) is 0.838. The molecule has 22 heavy (non-hydrogen) atoms. The van der Waals surface area contributed by atoms with E-state index < -0.39 is 6.61 Å². The molecule has 1 rings (SSSR count). The summed E-state index contributed by atoms with van der Waals surface area (Å²) in [7, 11) is 2.99. The average molecular weight is 316 g/mol. The first-order chi connectivity index (χ1) is 10.2. The second-order valence-corrected chi connectivity index (χ2v) is 5.77. The second-order valence-electron chi connectivity index (χ2n) is 5.77. The molecule has 0 fully saturated rings. The van der Waals surface area contributed by atoms with Crippen molar-refractivity contribution in [3.63, 3.8) is 0 Å². The molecule has 0 aliphatic rings. The molecule has 1 aromatic carbocycles. The summed E-state index contributed by atoms with van der Waals surface area (Å²) in [5.41, 5.74) is 5.77. The molecule has 2 N–H and O–H groups in total. The van der Waals surface area contributed by atoms with Crippen LogP contribution < -0.4 is 15.2 Å². The summed E-state index contributed by atoms with van der Waals surface area (Å²) < 4.78 is 33.9. The number of nitrogens with two attached hydrogens (primary N) is 1. The van der Waals surface area contributed by atoms with Gasteiger partial charge in [0.1, 0.15) is 0 Å². The van der Waals surface area contributed by atoms with Crippen molar-refractivity contribution in [3.8, 4) is 11.5 Å². The highest BCUT2D eigenvalue weighted by Gasteiger charge is 2.23. The number of carbonyl (C=O) groups is 1. The number of methoxy groups -OCH3 is 1. The lowest BCUT2D eigenvalue weighted by molar-refractivity contribution is -0.0512. The smallest absolute Gasteiger partial charge is 0.387 e. The van der Waals surface area contributed by atoms with Crippen molar-refractivity contribution in [1.82, 2.24) is 4.90 Å². The van der Waals surface area contributed by atoms with Crippen molar-refractivity contribution in [1.29, 1.82) is 0 Å². The van der Waals surface area contributed by atoms with Gasteiger partial charge in [-0.15, -0.1) is 0 Å². The number of hydrogen-bond donors (Lipinski definition) is 1. The summed E-state index contributed by atoms with van der Waals surface area (Å²) in [5.74, 6) is -0.278. The molecule has 1 amide bonds. The highest BCUT2D eigenvalue weighted by Crippen LogP contribution is 2.30. The maximum Gasteiger partial charge on any atom is 0.387 e. The Morgan fingerprint density at radius 3 is 2.50 bits per heavy atom. The van der Waals surface area contributed by atoms with Crippen LogP contribution in [-0.4, -0.2) is 44.7 Å². The number of hydrogen-bond acceptors (Lipinski definition) is 4. The molecule has 0 aliphatic heterocycles. The number of carbonyl (C=O) groups excluding carboxylic acids is 1. The van der Waals surface area contributed by atoms with Crippen LogP contribution in [0, 0.1) is 5.41 Å². The molecule has 0 saturated heterocycles. The third-order valence-electron chi connectivity index (χ3n) is 3.19. The van der Waals surface area contributed by atoms with Gasteiger partial charge in [-0.3, -0.25) is 4.79 Å². The van der Waals surface area contributed by atoms with Crippen LogP contribution in [0.1, 0.15) is 24.2 Å². The molecule has 124 valence electrons. The Labute approximate surface area is 129 Å². The van der Waals surface area contributed by atoms with Crippen LogP contribution >= 0.6 is 0 Å². The third-order valence-corrected chi connectivity index (χ3v) is 3.19. The van der Waals surface area contributed by atoms with E-state index in [4.69, 9.17) is 10.5 Å². The van der Waals surface area contributed by atoms with E-state index in [1.165, 1.54) is 30.2 Å². The van der Waals surface area contributed by atoms with Crippen molar-refractivity contribution in [2.45, 2.75) is 20.5 Å². The Morgan fingerprint density at radius 1 is 1.36 bits per heavy atom. The van der Waals surface area contributed by atoms with Crippen molar-refractivity contribution in [2.24, 2.45) is 11.1 Å². The number of benzene rings is 1. The van der Waals surface area contributed by atoms with Crippen LogP contribution in [-0.2, 0) is 0 Å². The maximum absolute atomic E-state index is 12.4. The van der Waals surface area contributed by atoms with Crippen LogP contribution in [0.15, 0.2) is 18.2 Å². The Morgan fingerprint density at radius 2 is 2.00 bits per heavy atom. The van der Waals surface area contributed by atoms with E-state index in [0.717, 1.165) is 0 Å². The lowest BCUT2D eigenvalue weighted by Gasteiger charge is -2.29. The number of amides is 1. The van der Waals surface area contributed by atoms with E-state index in [1.54, 1.807) is 7.05 Å². The molecular formula is C15H22F2N2O3. The van der Waals surface area contributed by atoms with Crippen LogP contribution in [0.25, 0.3) is 0 Å². The monoisotopic (exact) mass is 316 g/mol. The lowest BCUT2D eigenvalue weighted by Crippen LogP contribution is -2.39. The van der Waals surface area contributed by atoms with Crippen LogP contribution in [0.4, 0.5) is 8.78 Å². The average Bonchev–Trinajstić information content (AvgIpc) is 2.45. The summed E-state index contributed by atoms with van der Waals surface area (Å²) in [6.45, 7) is 1.87. The van der Waals surface area contributed by atoms with Gasteiger partial charge in [-0.25, -0.2) is 0 Å². The summed E-state index contributed by atoms with van der Waals surface area (Å²) in [6, 6.07) is 4.10. The maximum atomic E-state index is 12.4. The molecule has 0 aliphatic carbocycles. The first kappa shape index (κ1) is 18.2. The minimum absolute atomic E-state index is 0.0811. The van der Waals surface area contributed by atoms with Crippen molar-refractivity contribution in [3.05, 3.63) is 23.8 Å². The fraction of sp³-hybridized carbons (Fsp3) is 0.533.